The van der Waals surface area contributed by atoms with Crippen molar-refractivity contribution in [1.82, 2.24) is 4.98 Å². The maximum atomic E-state index is 13.2. The number of ketones is 1. The van der Waals surface area contributed by atoms with Gasteiger partial charge in [0, 0.05) is 30.3 Å². The number of fused-ring (bicyclic) bond motifs is 1. The summed E-state index contributed by atoms with van der Waals surface area (Å²) in [4.78, 5) is 42.5. The highest BCUT2D eigenvalue weighted by atomic mass is 32.2. The summed E-state index contributed by atoms with van der Waals surface area (Å²) >= 11 is 0. The van der Waals surface area contributed by atoms with E-state index in [1.165, 1.54) is 23.2 Å². The molecule has 31 heavy (non-hydrogen) atoms. The van der Waals surface area contributed by atoms with Gasteiger partial charge in [0.1, 0.15) is 15.7 Å². The first-order valence-electron chi connectivity index (χ1n) is 10.3. The lowest BCUT2D eigenvalue weighted by Gasteiger charge is -2.32. The molecule has 8 heteroatoms. The number of amides is 1. The fourth-order valence-corrected chi connectivity index (χ4v) is 6.22. The van der Waals surface area contributed by atoms with E-state index >= 15 is 0 Å². The normalized spacial score (nSPS) is 21.0. The van der Waals surface area contributed by atoms with Gasteiger partial charge in [-0.3, -0.25) is 19.3 Å². The first kappa shape index (κ1) is 21.5. The van der Waals surface area contributed by atoms with Crippen molar-refractivity contribution >= 4 is 33.0 Å². The number of benzene rings is 1. The van der Waals surface area contributed by atoms with E-state index in [4.69, 9.17) is 0 Å². The molecule has 1 saturated heterocycles. The molecule has 164 valence electrons. The number of hydrogen-bond donors (Lipinski definition) is 1. The Morgan fingerprint density at radius 1 is 1.06 bits per heavy atom. The Kier molecular flexibility index (Phi) is 4.96. The van der Waals surface area contributed by atoms with Crippen LogP contribution in [0.1, 0.15) is 56.0 Å². The quantitative estimate of drug-likeness (QED) is 0.733. The minimum Gasteiger partial charge on any atom is -0.347 e. The Morgan fingerprint density at radius 2 is 1.74 bits per heavy atom. The third-order valence-corrected chi connectivity index (χ3v) is 8.24. The fraction of sp³-hybridized carbons (Fsp3) is 0.435. The number of rotatable bonds is 4. The van der Waals surface area contributed by atoms with Crippen LogP contribution in [0.4, 0.5) is 11.5 Å². The number of carbonyl (C=O) groups is 2. The Balaban J connectivity index is 1.65. The summed E-state index contributed by atoms with van der Waals surface area (Å²) in [7, 11) is -3.00. The van der Waals surface area contributed by atoms with E-state index in [-0.39, 0.29) is 40.5 Å². The van der Waals surface area contributed by atoms with Gasteiger partial charge >= 0.3 is 0 Å². The second kappa shape index (κ2) is 7.15. The zero-order valence-corrected chi connectivity index (χ0v) is 18.7. The number of pyridine rings is 1. The van der Waals surface area contributed by atoms with Crippen LogP contribution in [0.25, 0.3) is 0 Å². The molecule has 0 spiro atoms. The predicted molar refractivity (Wildman–Crippen MR) is 119 cm³/mol. The number of nitrogens with zero attached hydrogens (tertiary/aromatic N) is 1. The van der Waals surface area contributed by atoms with Crippen LogP contribution in [-0.2, 0) is 20.0 Å². The molecule has 0 radical (unpaired) electrons. The van der Waals surface area contributed by atoms with Crippen LogP contribution in [0.3, 0.4) is 0 Å². The van der Waals surface area contributed by atoms with Crippen LogP contribution < -0.4 is 10.3 Å². The number of anilines is 2. The smallest absolute Gasteiger partial charge is 0.242 e. The topological polar surface area (TPSA) is 104 Å². The van der Waals surface area contributed by atoms with Crippen molar-refractivity contribution in [2.45, 2.75) is 45.4 Å². The summed E-state index contributed by atoms with van der Waals surface area (Å²) in [6.45, 7) is 5.57. The van der Waals surface area contributed by atoms with Gasteiger partial charge in [0.25, 0.3) is 0 Å². The Bertz CT molecular complexity index is 1230. The molecule has 3 heterocycles. The first-order valence-corrected chi connectivity index (χ1v) is 12.2. The summed E-state index contributed by atoms with van der Waals surface area (Å²) in [6, 6.07) is 7.97. The molecule has 0 saturated carbocycles. The maximum absolute atomic E-state index is 13.2. The van der Waals surface area contributed by atoms with Gasteiger partial charge in [-0.15, -0.1) is 0 Å². The number of nitrogens with one attached hydrogen (secondary N) is 1. The molecule has 1 aromatic carbocycles. The summed E-state index contributed by atoms with van der Waals surface area (Å²) in [6.07, 6.45) is 2.72. The van der Waals surface area contributed by atoms with Gasteiger partial charge in [-0.2, -0.15) is 0 Å². The highest BCUT2D eigenvalue weighted by Gasteiger charge is 2.45. The van der Waals surface area contributed by atoms with E-state index in [1.54, 1.807) is 32.0 Å². The molecule has 1 aromatic heterocycles. The molecule has 0 aliphatic carbocycles. The van der Waals surface area contributed by atoms with Crippen molar-refractivity contribution in [3.05, 3.63) is 57.9 Å². The van der Waals surface area contributed by atoms with Gasteiger partial charge in [-0.1, -0.05) is 6.92 Å². The third kappa shape index (κ3) is 3.84. The number of sulfone groups is 1. The number of H-pyrrole nitrogens is 1. The second-order valence-electron chi connectivity index (χ2n) is 9.47. The van der Waals surface area contributed by atoms with Crippen LogP contribution in [0, 0.1) is 5.41 Å². The molecular weight excluding hydrogens is 416 g/mol. The molecule has 0 atom stereocenters. The fourth-order valence-electron chi connectivity index (χ4n) is 4.41. The molecule has 2 aliphatic rings. The SMILES string of the molecule is CC1(CC(=O)c2ccc3c(c2)C(C)(C)C(=O)N3c2cc(=O)cc[nH]2)CCS(=O)(=O)CC1. The zero-order valence-electron chi connectivity index (χ0n) is 17.9. The second-order valence-corrected chi connectivity index (χ2v) is 11.8. The van der Waals surface area contributed by atoms with Crippen LogP contribution in [-0.4, -0.2) is 36.6 Å². The molecular formula is C23H26N2O5S. The largest absolute Gasteiger partial charge is 0.347 e. The average Bonchev–Trinajstić information content (AvgIpc) is 2.90. The molecule has 1 fully saturated rings. The monoisotopic (exact) mass is 442 g/mol. The van der Waals surface area contributed by atoms with Crippen molar-refractivity contribution in [3.8, 4) is 0 Å². The van der Waals surface area contributed by atoms with Gasteiger partial charge in [0.05, 0.1) is 22.6 Å². The van der Waals surface area contributed by atoms with E-state index < -0.39 is 15.3 Å². The molecule has 2 aromatic rings. The van der Waals surface area contributed by atoms with E-state index in [1.807, 2.05) is 6.92 Å². The van der Waals surface area contributed by atoms with Gasteiger partial charge in [0.2, 0.25) is 5.91 Å². The first-order chi connectivity index (χ1) is 14.4. The minimum atomic E-state index is -3.00. The number of aromatic amines is 1. The Hall–Kier alpha value is -2.74. The lowest BCUT2D eigenvalue weighted by atomic mass is 9.78. The van der Waals surface area contributed by atoms with E-state index in [2.05, 4.69) is 4.98 Å². The standard InChI is InChI=1S/C23H26N2O5S/c1-22(2)17-12-15(19(27)14-23(3)7-10-31(29,30)11-8-23)4-5-18(17)25(21(22)28)20-13-16(26)6-9-24-20/h4-6,9,12-13H,7-8,10-11,14H2,1-3H3,(H,24,26). The summed E-state index contributed by atoms with van der Waals surface area (Å²) in [5.74, 6) is 0.386. The summed E-state index contributed by atoms with van der Waals surface area (Å²) in [5, 5.41) is 0. The minimum absolute atomic E-state index is 0.0561. The number of hydrogen-bond acceptors (Lipinski definition) is 5. The summed E-state index contributed by atoms with van der Waals surface area (Å²) < 4.78 is 23.5. The van der Waals surface area contributed by atoms with Gasteiger partial charge in [0.15, 0.2) is 11.2 Å². The Labute approximate surface area is 181 Å². The molecule has 0 unspecified atom stereocenters. The van der Waals surface area contributed by atoms with E-state index in [0.717, 1.165) is 5.56 Å². The summed E-state index contributed by atoms with van der Waals surface area (Å²) in [5.41, 5.74) is 0.469. The number of aromatic nitrogens is 1. The number of Topliss-reactive ketones (excluding diaryl/α,β-unsaturated/α-hetero) is 1. The van der Waals surface area contributed by atoms with Crippen molar-refractivity contribution in [2.75, 3.05) is 16.4 Å². The van der Waals surface area contributed by atoms with E-state index in [9.17, 15) is 22.8 Å². The van der Waals surface area contributed by atoms with Crippen LogP contribution in [0.15, 0.2) is 41.3 Å². The number of carbonyl (C=O) groups excluding carboxylic acids is 2. The van der Waals surface area contributed by atoms with Gasteiger partial charge in [-0.05, 0) is 55.9 Å². The van der Waals surface area contributed by atoms with Crippen LogP contribution in [0.5, 0.6) is 0 Å². The molecule has 0 bridgehead atoms. The third-order valence-electron chi connectivity index (χ3n) is 6.59. The lowest BCUT2D eigenvalue weighted by molar-refractivity contribution is -0.121. The van der Waals surface area contributed by atoms with Crippen molar-refractivity contribution in [3.63, 3.8) is 0 Å². The highest BCUT2D eigenvalue weighted by Crippen LogP contribution is 2.45. The van der Waals surface area contributed by atoms with Crippen molar-refractivity contribution in [2.24, 2.45) is 5.41 Å². The zero-order chi connectivity index (χ0) is 22.6. The van der Waals surface area contributed by atoms with Crippen LogP contribution in [0.2, 0.25) is 0 Å². The van der Waals surface area contributed by atoms with Gasteiger partial charge < -0.3 is 4.98 Å². The van der Waals surface area contributed by atoms with Crippen molar-refractivity contribution in [1.29, 1.82) is 0 Å². The molecule has 1 amide bonds. The molecule has 2 aliphatic heterocycles. The maximum Gasteiger partial charge on any atom is 0.242 e. The lowest BCUT2D eigenvalue weighted by Crippen LogP contribution is -2.34. The Morgan fingerprint density at radius 3 is 2.39 bits per heavy atom. The molecule has 4 rings (SSSR count). The van der Waals surface area contributed by atoms with E-state index in [0.29, 0.717) is 29.9 Å². The predicted octanol–water partition coefficient (Wildman–Crippen LogP) is 3.12. The van der Waals surface area contributed by atoms with Gasteiger partial charge in [-0.25, -0.2) is 8.42 Å². The van der Waals surface area contributed by atoms with Crippen molar-refractivity contribution < 1.29 is 18.0 Å². The molecule has 7 nitrogen and oxygen atoms in total. The molecule has 1 N–H and O–H groups in total. The highest BCUT2D eigenvalue weighted by molar-refractivity contribution is 7.91. The van der Waals surface area contributed by atoms with Crippen LogP contribution >= 0.6 is 0 Å². The average molecular weight is 443 g/mol.